The Morgan fingerprint density at radius 2 is 1.89 bits per heavy atom. The number of ether oxygens (including phenoxy) is 2. The molecule has 0 fully saturated rings. The van der Waals surface area contributed by atoms with Crippen molar-refractivity contribution in [2.75, 3.05) is 12.4 Å². The van der Waals surface area contributed by atoms with Gasteiger partial charge in [-0.25, -0.2) is 9.37 Å². The Kier molecular flexibility index (Phi) is 6.03. The molecule has 27 heavy (non-hydrogen) atoms. The lowest BCUT2D eigenvalue weighted by Gasteiger charge is -2.15. The average molecular weight is 386 g/mol. The summed E-state index contributed by atoms with van der Waals surface area (Å²) in [6, 6.07) is 13.5. The highest BCUT2D eigenvalue weighted by molar-refractivity contribution is 7.15. The summed E-state index contributed by atoms with van der Waals surface area (Å²) in [5.74, 6) is 0.496. The van der Waals surface area contributed by atoms with Crippen LogP contribution in [0.4, 0.5) is 9.52 Å². The molecule has 1 N–H and O–H groups in total. The molecular formula is C20H19FN2O3S. The Balaban J connectivity index is 1.59. The summed E-state index contributed by atoms with van der Waals surface area (Å²) in [5, 5.41) is 3.25. The quantitative estimate of drug-likeness (QED) is 0.658. The molecule has 3 rings (SSSR count). The van der Waals surface area contributed by atoms with Crippen LogP contribution in [-0.4, -0.2) is 24.1 Å². The molecule has 5 nitrogen and oxygen atoms in total. The zero-order valence-corrected chi connectivity index (χ0v) is 15.8. The number of aromatic nitrogens is 1. The molecule has 0 spiro atoms. The highest BCUT2D eigenvalue weighted by atomic mass is 32.1. The SMILES string of the molecule is COc1ccccc1OC(C)C(=O)Nc1ncc(Cc2ccc(F)cc2)s1. The number of thiazole rings is 1. The molecule has 7 heteroatoms. The summed E-state index contributed by atoms with van der Waals surface area (Å²) in [5.41, 5.74) is 0.978. The van der Waals surface area contributed by atoms with Crippen LogP contribution in [0.3, 0.4) is 0 Å². The fraction of sp³-hybridized carbons (Fsp3) is 0.200. The summed E-state index contributed by atoms with van der Waals surface area (Å²) < 4.78 is 23.9. The Bertz CT molecular complexity index is 912. The molecule has 0 bridgehead atoms. The minimum Gasteiger partial charge on any atom is -0.493 e. The molecule has 0 radical (unpaired) electrons. The predicted molar refractivity (Wildman–Crippen MR) is 103 cm³/mol. The second-order valence-electron chi connectivity index (χ2n) is 5.84. The van der Waals surface area contributed by atoms with Crippen LogP contribution in [0.25, 0.3) is 0 Å². The number of methoxy groups -OCH3 is 1. The third kappa shape index (κ3) is 5.04. The zero-order valence-electron chi connectivity index (χ0n) is 14.9. The average Bonchev–Trinajstić information content (AvgIpc) is 3.10. The molecule has 1 unspecified atom stereocenters. The first kappa shape index (κ1) is 18.8. The van der Waals surface area contributed by atoms with E-state index in [0.29, 0.717) is 23.1 Å². The highest BCUT2D eigenvalue weighted by Crippen LogP contribution is 2.27. The van der Waals surface area contributed by atoms with Crippen LogP contribution < -0.4 is 14.8 Å². The van der Waals surface area contributed by atoms with Gasteiger partial charge in [0.25, 0.3) is 5.91 Å². The van der Waals surface area contributed by atoms with E-state index in [0.717, 1.165) is 10.4 Å². The molecule has 140 valence electrons. The molecular weight excluding hydrogens is 367 g/mol. The first-order valence-corrected chi connectivity index (χ1v) is 9.16. The van der Waals surface area contributed by atoms with Gasteiger partial charge in [-0.05, 0) is 36.8 Å². The Morgan fingerprint density at radius 3 is 2.59 bits per heavy atom. The van der Waals surface area contributed by atoms with E-state index in [-0.39, 0.29) is 11.7 Å². The number of halogens is 1. The maximum atomic E-state index is 13.0. The summed E-state index contributed by atoms with van der Waals surface area (Å²) in [6.07, 6.45) is 1.61. The topological polar surface area (TPSA) is 60.5 Å². The van der Waals surface area contributed by atoms with Crippen LogP contribution in [0.15, 0.2) is 54.7 Å². The number of hydrogen-bond donors (Lipinski definition) is 1. The molecule has 2 aromatic carbocycles. The summed E-state index contributed by atoms with van der Waals surface area (Å²) in [7, 11) is 1.55. The smallest absolute Gasteiger partial charge is 0.266 e. The van der Waals surface area contributed by atoms with Gasteiger partial charge in [0.2, 0.25) is 0 Å². The molecule has 0 aliphatic carbocycles. The van der Waals surface area contributed by atoms with Gasteiger partial charge in [0, 0.05) is 17.5 Å². The lowest BCUT2D eigenvalue weighted by atomic mass is 10.1. The first-order chi connectivity index (χ1) is 13.0. The van der Waals surface area contributed by atoms with Crippen molar-refractivity contribution in [2.24, 2.45) is 0 Å². The number of nitrogens with zero attached hydrogens (tertiary/aromatic N) is 1. The van der Waals surface area contributed by atoms with E-state index in [2.05, 4.69) is 10.3 Å². The number of benzene rings is 2. The van der Waals surface area contributed by atoms with Crippen molar-refractivity contribution in [1.29, 1.82) is 0 Å². The largest absolute Gasteiger partial charge is 0.493 e. The molecule has 0 saturated heterocycles. The van der Waals surface area contributed by atoms with Crippen molar-refractivity contribution >= 4 is 22.4 Å². The van der Waals surface area contributed by atoms with Crippen molar-refractivity contribution in [2.45, 2.75) is 19.4 Å². The second kappa shape index (κ2) is 8.64. The van der Waals surface area contributed by atoms with E-state index in [9.17, 15) is 9.18 Å². The second-order valence-corrected chi connectivity index (χ2v) is 6.95. The van der Waals surface area contributed by atoms with Crippen molar-refractivity contribution in [3.63, 3.8) is 0 Å². The highest BCUT2D eigenvalue weighted by Gasteiger charge is 2.18. The van der Waals surface area contributed by atoms with Crippen LogP contribution in [0, 0.1) is 5.82 Å². The molecule has 1 amide bonds. The van der Waals surface area contributed by atoms with Gasteiger partial charge in [0.15, 0.2) is 22.7 Å². The van der Waals surface area contributed by atoms with Gasteiger partial charge in [-0.2, -0.15) is 0 Å². The maximum absolute atomic E-state index is 13.0. The van der Waals surface area contributed by atoms with E-state index in [1.165, 1.54) is 23.5 Å². The molecule has 0 saturated carbocycles. The number of anilines is 1. The molecule has 0 aliphatic heterocycles. The third-order valence-corrected chi connectivity index (χ3v) is 4.73. The molecule has 1 heterocycles. The number of hydrogen-bond acceptors (Lipinski definition) is 5. The van der Waals surface area contributed by atoms with Crippen molar-refractivity contribution in [3.8, 4) is 11.5 Å². The van der Waals surface area contributed by atoms with Crippen molar-refractivity contribution < 1.29 is 18.7 Å². The Hall–Kier alpha value is -2.93. The fourth-order valence-electron chi connectivity index (χ4n) is 2.42. The summed E-state index contributed by atoms with van der Waals surface area (Å²) in [4.78, 5) is 17.6. The lowest BCUT2D eigenvalue weighted by Crippen LogP contribution is -2.30. The molecule has 1 atom stereocenters. The van der Waals surface area contributed by atoms with Crippen molar-refractivity contribution in [3.05, 3.63) is 71.0 Å². The van der Waals surface area contributed by atoms with Crippen LogP contribution in [0.1, 0.15) is 17.4 Å². The normalized spacial score (nSPS) is 11.7. The predicted octanol–water partition coefficient (Wildman–Crippen LogP) is 4.29. The minimum atomic E-state index is -0.717. The zero-order chi connectivity index (χ0) is 19.2. The van der Waals surface area contributed by atoms with E-state index < -0.39 is 6.10 Å². The standard InChI is InChI=1S/C20H19FN2O3S/c1-13(26-18-6-4-3-5-17(18)25-2)19(24)23-20-22-12-16(27-20)11-14-7-9-15(21)10-8-14/h3-10,12-13H,11H2,1-2H3,(H,22,23,24). The van der Waals surface area contributed by atoms with Crippen LogP contribution in [-0.2, 0) is 11.2 Å². The number of para-hydroxylation sites is 2. The first-order valence-electron chi connectivity index (χ1n) is 8.35. The lowest BCUT2D eigenvalue weighted by molar-refractivity contribution is -0.122. The Morgan fingerprint density at radius 1 is 1.19 bits per heavy atom. The number of amides is 1. The van der Waals surface area contributed by atoms with Gasteiger partial charge in [0.05, 0.1) is 7.11 Å². The van der Waals surface area contributed by atoms with Gasteiger partial charge < -0.3 is 9.47 Å². The minimum absolute atomic E-state index is 0.264. The Labute approximate surface area is 160 Å². The van der Waals surface area contributed by atoms with Gasteiger partial charge in [0.1, 0.15) is 5.82 Å². The van der Waals surface area contributed by atoms with E-state index in [4.69, 9.17) is 9.47 Å². The van der Waals surface area contributed by atoms with Gasteiger partial charge >= 0.3 is 0 Å². The van der Waals surface area contributed by atoms with Crippen LogP contribution >= 0.6 is 11.3 Å². The number of carbonyl (C=O) groups excluding carboxylic acids is 1. The van der Waals surface area contributed by atoms with Crippen molar-refractivity contribution in [1.82, 2.24) is 4.98 Å². The monoisotopic (exact) mass is 386 g/mol. The number of rotatable bonds is 7. The van der Waals surface area contributed by atoms with E-state index in [1.54, 1.807) is 44.5 Å². The summed E-state index contributed by atoms with van der Waals surface area (Å²) >= 11 is 1.37. The van der Waals surface area contributed by atoms with Crippen LogP contribution in [0.2, 0.25) is 0 Å². The number of carbonyl (C=O) groups is 1. The van der Waals surface area contributed by atoms with Gasteiger partial charge in [-0.1, -0.05) is 24.3 Å². The van der Waals surface area contributed by atoms with Gasteiger partial charge in [-0.15, -0.1) is 11.3 Å². The van der Waals surface area contributed by atoms with Gasteiger partial charge in [-0.3, -0.25) is 10.1 Å². The fourth-order valence-corrected chi connectivity index (χ4v) is 3.27. The molecule has 0 aliphatic rings. The molecule has 1 aromatic heterocycles. The van der Waals surface area contributed by atoms with Crippen LogP contribution in [0.5, 0.6) is 11.5 Å². The summed E-state index contributed by atoms with van der Waals surface area (Å²) in [6.45, 7) is 1.66. The number of nitrogens with one attached hydrogen (secondary N) is 1. The third-order valence-electron chi connectivity index (χ3n) is 3.82. The molecule has 3 aromatic rings. The van der Waals surface area contributed by atoms with E-state index >= 15 is 0 Å². The van der Waals surface area contributed by atoms with E-state index in [1.807, 2.05) is 12.1 Å². The maximum Gasteiger partial charge on any atom is 0.266 e.